The van der Waals surface area contributed by atoms with Crippen molar-refractivity contribution in [2.24, 2.45) is 0 Å². The van der Waals surface area contributed by atoms with Crippen LogP contribution in [-0.4, -0.2) is 6.61 Å². The fourth-order valence-corrected chi connectivity index (χ4v) is 1.38. The van der Waals surface area contributed by atoms with Crippen LogP contribution in [0.25, 0.3) is 0 Å². The lowest BCUT2D eigenvalue weighted by Crippen LogP contribution is -1.92. The molecule has 0 aromatic carbocycles. The number of rotatable bonds is 7. The van der Waals surface area contributed by atoms with E-state index in [0.29, 0.717) is 0 Å². The molecule has 0 fully saturated rings. The molecule has 0 atom stereocenters. The van der Waals surface area contributed by atoms with Crippen LogP contribution in [0.1, 0.15) is 47.0 Å². The largest absolute Gasteiger partial charge is 0.498 e. The first kappa shape index (κ1) is 14.0. The van der Waals surface area contributed by atoms with Gasteiger partial charge in [-0.3, -0.25) is 0 Å². The molecule has 1 nitrogen and oxygen atoms in total. The summed E-state index contributed by atoms with van der Waals surface area (Å²) in [4.78, 5) is 0. The Kier molecular flexibility index (Phi) is 7.79. The lowest BCUT2D eigenvalue weighted by atomic mass is 10.2. The highest BCUT2D eigenvalue weighted by molar-refractivity contribution is 5.26. The topological polar surface area (TPSA) is 9.23 Å². The zero-order valence-electron chi connectivity index (χ0n) is 10.6. The molecule has 0 bridgehead atoms. The maximum Gasteiger partial charge on any atom is 0.0931 e. The van der Waals surface area contributed by atoms with Gasteiger partial charge in [-0.25, -0.2) is 0 Å². The smallest absolute Gasteiger partial charge is 0.0931 e. The monoisotopic (exact) mass is 208 g/mol. The van der Waals surface area contributed by atoms with Gasteiger partial charge in [-0.05, 0) is 38.8 Å². The van der Waals surface area contributed by atoms with E-state index in [1.807, 2.05) is 13.8 Å². The highest BCUT2D eigenvalue weighted by Crippen LogP contribution is 2.07. The predicted molar refractivity (Wildman–Crippen MR) is 67.8 cm³/mol. The first-order valence-electron chi connectivity index (χ1n) is 5.71. The van der Waals surface area contributed by atoms with E-state index >= 15 is 0 Å². The van der Waals surface area contributed by atoms with Gasteiger partial charge >= 0.3 is 0 Å². The average molecular weight is 208 g/mol. The average Bonchev–Trinajstić information content (AvgIpc) is 2.10. The van der Waals surface area contributed by atoms with Crippen molar-refractivity contribution < 1.29 is 4.74 Å². The minimum Gasteiger partial charge on any atom is -0.498 e. The molecule has 0 saturated heterocycles. The molecule has 0 radical (unpaired) electrons. The van der Waals surface area contributed by atoms with Gasteiger partial charge in [0.15, 0.2) is 0 Å². The third-order valence-corrected chi connectivity index (χ3v) is 1.98. The minimum atomic E-state index is 0.830. The molecular weight excluding hydrogens is 184 g/mol. The molecule has 1 heteroatoms. The molecular formula is C14H24O. The van der Waals surface area contributed by atoms with E-state index in [-0.39, 0.29) is 0 Å². The van der Waals surface area contributed by atoms with Gasteiger partial charge in [0.25, 0.3) is 0 Å². The predicted octanol–water partition coefficient (Wildman–Crippen LogP) is 4.62. The third-order valence-electron chi connectivity index (χ3n) is 1.98. The molecule has 0 aromatic rings. The summed E-state index contributed by atoms with van der Waals surface area (Å²) < 4.78 is 5.59. The van der Waals surface area contributed by atoms with E-state index in [0.717, 1.165) is 24.4 Å². The van der Waals surface area contributed by atoms with Crippen LogP contribution >= 0.6 is 0 Å². The number of hydrogen-bond donors (Lipinski definition) is 0. The zero-order valence-corrected chi connectivity index (χ0v) is 10.6. The summed E-state index contributed by atoms with van der Waals surface area (Å²) in [5.74, 6) is 0.987. The third kappa shape index (κ3) is 9.33. The van der Waals surface area contributed by atoms with Crippen molar-refractivity contribution in [2.45, 2.75) is 47.0 Å². The second-order valence-electron chi connectivity index (χ2n) is 4.05. The van der Waals surface area contributed by atoms with Crippen molar-refractivity contribution >= 4 is 0 Å². The van der Waals surface area contributed by atoms with Crippen molar-refractivity contribution in [3.63, 3.8) is 0 Å². The fourth-order valence-electron chi connectivity index (χ4n) is 1.38. The Labute approximate surface area is 94.5 Å². The van der Waals surface area contributed by atoms with Gasteiger partial charge in [-0.1, -0.05) is 38.0 Å². The lowest BCUT2D eigenvalue weighted by Gasteiger charge is -2.05. The van der Waals surface area contributed by atoms with Crippen LogP contribution in [0.3, 0.4) is 0 Å². The highest BCUT2D eigenvalue weighted by Gasteiger charge is 1.91. The number of allylic oxidation sites excluding steroid dienone is 5. The van der Waals surface area contributed by atoms with Crippen molar-refractivity contribution in [2.75, 3.05) is 6.61 Å². The Bertz CT molecular complexity index is 246. The van der Waals surface area contributed by atoms with E-state index in [9.17, 15) is 0 Å². The van der Waals surface area contributed by atoms with Crippen molar-refractivity contribution in [3.8, 4) is 0 Å². The van der Waals surface area contributed by atoms with Crippen molar-refractivity contribution in [3.05, 3.63) is 35.6 Å². The van der Waals surface area contributed by atoms with Crippen LogP contribution in [0, 0.1) is 0 Å². The Morgan fingerprint density at radius 1 is 1.13 bits per heavy atom. The summed E-state index contributed by atoms with van der Waals surface area (Å²) in [7, 11) is 0. The molecule has 86 valence electrons. The van der Waals surface area contributed by atoms with Crippen molar-refractivity contribution in [1.82, 2.24) is 0 Å². The van der Waals surface area contributed by atoms with Crippen LogP contribution in [0.15, 0.2) is 35.6 Å². The molecule has 0 saturated carbocycles. The number of unbranched alkanes of at least 4 members (excludes halogenated alkanes) is 2. The number of ether oxygens (including phenoxy) is 1. The van der Waals surface area contributed by atoms with Gasteiger partial charge < -0.3 is 4.74 Å². The summed E-state index contributed by atoms with van der Waals surface area (Å²) in [5, 5.41) is 0. The van der Waals surface area contributed by atoms with Crippen LogP contribution < -0.4 is 0 Å². The summed E-state index contributed by atoms with van der Waals surface area (Å²) >= 11 is 0. The SMILES string of the molecule is C=C(C)/C=C(C)\C=C(/C)OCCCCC. The molecule has 0 heterocycles. The van der Waals surface area contributed by atoms with Crippen molar-refractivity contribution in [1.29, 1.82) is 0 Å². The van der Waals surface area contributed by atoms with Gasteiger partial charge in [0.2, 0.25) is 0 Å². The molecule has 0 aliphatic rings. The van der Waals surface area contributed by atoms with Crippen LogP contribution in [0.5, 0.6) is 0 Å². The quantitative estimate of drug-likeness (QED) is 0.337. The Morgan fingerprint density at radius 3 is 2.33 bits per heavy atom. The lowest BCUT2D eigenvalue weighted by molar-refractivity contribution is 0.207. The van der Waals surface area contributed by atoms with Gasteiger partial charge in [-0.15, -0.1) is 0 Å². The molecule has 0 aliphatic carbocycles. The van der Waals surface area contributed by atoms with Gasteiger partial charge in [0.1, 0.15) is 0 Å². The molecule has 0 N–H and O–H groups in total. The second-order valence-corrected chi connectivity index (χ2v) is 4.05. The molecule has 0 aliphatic heterocycles. The normalized spacial score (nSPS) is 12.8. The summed E-state index contributed by atoms with van der Waals surface area (Å²) in [6.07, 6.45) is 7.74. The van der Waals surface area contributed by atoms with Crippen LogP contribution in [0.2, 0.25) is 0 Å². The summed E-state index contributed by atoms with van der Waals surface area (Å²) in [6.45, 7) is 12.9. The van der Waals surface area contributed by atoms with E-state index in [4.69, 9.17) is 4.74 Å². The Morgan fingerprint density at radius 2 is 1.80 bits per heavy atom. The van der Waals surface area contributed by atoms with E-state index in [2.05, 4.69) is 32.6 Å². The van der Waals surface area contributed by atoms with E-state index in [1.165, 1.54) is 18.4 Å². The first-order chi connectivity index (χ1) is 7.06. The van der Waals surface area contributed by atoms with Gasteiger partial charge in [0, 0.05) is 0 Å². The van der Waals surface area contributed by atoms with Gasteiger partial charge in [-0.2, -0.15) is 0 Å². The number of hydrogen-bond acceptors (Lipinski definition) is 1. The first-order valence-corrected chi connectivity index (χ1v) is 5.71. The fraction of sp³-hybridized carbons (Fsp3) is 0.571. The standard InChI is InChI=1S/C14H24O/c1-6-7-8-9-15-14(5)11-13(4)10-12(2)3/h10-11H,2,6-9H2,1,3-5H3/b13-10-,14-11+. The van der Waals surface area contributed by atoms with Crippen LogP contribution in [0.4, 0.5) is 0 Å². The van der Waals surface area contributed by atoms with E-state index < -0.39 is 0 Å². The van der Waals surface area contributed by atoms with Gasteiger partial charge in [0.05, 0.1) is 12.4 Å². The minimum absolute atomic E-state index is 0.830. The van der Waals surface area contributed by atoms with Crippen LogP contribution in [-0.2, 0) is 4.74 Å². The van der Waals surface area contributed by atoms with E-state index in [1.54, 1.807) is 0 Å². The molecule has 15 heavy (non-hydrogen) atoms. The molecule has 0 aromatic heterocycles. The highest BCUT2D eigenvalue weighted by atomic mass is 16.5. The maximum atomic E-state index is 5.59. The molecule has 0 rings (SSSR count). The molecule has 0 spiro atoms. The summed E-state index contributed by atoms with van der Waals surface area (Å²) in [6, 6.07) is 0. The molecule has 0 amide bonds. The zero-order chi connectivity index (χ0) is 11.7. The Balaban J connectivity index is 3.92. The second kappa shape index (κ2) is 8.34. The maximum absolute atomic E-state index is 5.59. The Hall–Kier alpha value is -0.980. The molecule has 0 unspecified atom stereocenters. The summed E-state index contributed by atoms with van der Waals surface area (Å²) in [5.41, 5.74) is 2.26.